The van der Waals surface area contributed by atoms with Gasteiger partial charge in [-0.15, -0.1) is 23.1 Å². The summed E-state index contributed by atoms with van der Waals surface area (Å²) in [7, 11) is 1.24. The minimum Gasteiger partial charge on any atom is -0.481 e. The molecule has 43 heavy (non-hydrogen) atoms. The number of aromatic nitrogens is 3. The highest BCUT2D eigenvalue weighted by Gasteiger charge is 2.54. The molecule has 2 amide bonds. The van der Waals surface area contributed by atoms with E-state index in [1.165, 1.54) is 35.1 Å². The second-order valence-electron chi connectivity index (χ2n) is 9.57. The molecule has 0 radical (unpaired) electrons. The molecular weight excluding hydrogens is 625 g/mol. The van der Waals surface area contributed by atoms with Crippen LogP contribution in [0.15, 0.2) is 38.7 Å². The number of carbonyl (C=O) groups is 4. The van der Waals surface area contributed by atoms with Crippen LogP contribution >= 0.6 is 34.6 Å². The highest BCUT2D eigenvalue weighted by atomic mass is 32.2. The van der Waals surface area contributed by atoms with Crippen molar-refractivity contribution in [2.75, 3.05) is 36.6 Å². The van der Waals surface area contributed by atoms with Gasteiger partial charge in [-0.05, 0) is 17.6 Å². The number of oxime groups is 1. The van der Waals surface area contributed by atoms with Crippen LogP contribution < -0.4 is 16.0 Å². The second kappa shape index (κ2) is 11.3. The van der Waals surface area contributed by atoms with Crippen molar-refractivity contribution < 1.29 is 38.8 Å². The van der Waals surface area contributed by atoms with Crippen molar-refractivity contribution in [1.82, 2.24) is 24.7 Å². The zero-order valence-electron chi connectivity index (χ0n) is 22.2. The number of fused-ring (bicyclic) bond motifs is 2. The van der Waals surface area contributed by atoms with E-state index in [1.54, 1.807) is 0 Å². The standard InChI is InChI=1S/C24H22N8O8S3/c1-39-29-15(19-27-24(25)43-30-19)20(35)26-16-21(36)32-17(23(37)38)10(8-41-22(16)32)4-9-2-3-31(7-9)13-6-12-18(42-13)11(28-40-12)5-14(33)34/h4,6,16,22H,2-3,5,7-8H2,1H3,(H,26,35)(H,33,34)(H,37,38)(H2,25,27,30)/b9-4+,29-15-/t16-,22-/m1/s1. The summed E-state index contributed by atoms with van der Waals surface area (Å²) in [6.45, 7) is 1.20. The third-order valence-electron chi connectivity index (χ3n) is 6.84. The number of nitrogens with zero attached hydrogens (tertiary/aromatic N) is 6. The Bertz CT molecular complexity index is 1760. The molecule has 2 atom stereocenters. The summed E-state index contributed by atoms with van der Waals surface area (Å²) in [5.74, 6) is -3.31. The van der Waals surface area contributed by atoms with Crippen molar-refractivity contribution in [2.45, 2.75) is 24.3 Å². The van der Waals surface area contributed by atoms with E-state index in [0.29, 0.717) is 46.8 Å². The van der Waals surface area contributed by atoms with Gasteiger partial charge in [0.15, 0.2) is 10.7 Å². The first-order chi connectivity index (χ1) is 20.6. The van der Waals surface area contributed by atoms with Crippen LogP contribution in [-0.4, -0.2) is 96.5 Å². The average molecular weight is 647 g/mol. The number of rotatable bonds is 9. The first-order valence-electron chi connectivity index (χ1n) is 12.6. The number of allylic oxidation sites excluding steroid dienone is 1. The Balaban J connectivity index is 1.17. The van der Waals surface area contributed by atoms with Crippen molar-refractivity contribution >= 4 is 84.5 Å². The Kier molecular flexibility index (Phi) is 7.52. The molecule has 5 N–H and O–H groups in total. The molecule has 3 aliphatic heterocycles. The minimum absolute atomic E-state index is 0.0547. The van der Waals surface area contributed by atoms with Gasteiger partial charge in [0, 0.05) is 36.4 Å². The van der Waals surface area contributed by atoms with E-state index in [1.807, 2.05) is 12.1 Å². The van der Waals surface area contributed by atoms with Crippen molar-refractivity contribution in [3.8, 4) is 0 Å². The molecule has 224 valence electrons. The second-order valence-corrected chi connectivity index (χ2v) is 12.5. The number of thioether (sulfide) groups is 1. The molecule has 2 fully saturated rings. The number of β-lactam (4-membered cyclic amide) rings is 1. The Morgan fingerprint density at radius 1 is 1.35 bits per heavy atom. The fourth-order valence-corrected chi connectivity index (χ4v) is 7.82. The van der Waals surface area contributed by atoms with Crippen LogP contribution in [0.2, 0.25) is 0 Å². The summed E-state index contributed by atoms with van der Waals surface area (Å²) in [5, 5.41) is 29.7. The number of thiophene rings is 1. The largest absolute Gasteiger partial charge is 0.481 e. The highest BCUT2D eigenvalue weighted by molar-refractivity contribution is 8.00. The number of anilines is 2. The van der Waals surface area contributed by atoms with Gasteiger partial charge < -0.3 is 35.5 Å². The minimum atomic E-state index is -1.24. The molecule has 0 aromatic carbocycles. The van der Waals surface area contributed by atoms with Gasteiger partial charge in [-0.25, -0.2) is 4.79 Å². The maximum atomic E-state index is 13.1. The fraction of sp³-hybridized carbons (Fsp3) is 0.333. The van der Waals surface area contributed by atoms with Gasteiger partial charge >= 0.3 is 11.9 Å². The van der Waals surface area contributed by atoms with E-state index < -0.39 is 35.2 Å². The SMILES string of the molecule is CO/N=C(\C(=O)N[C@@H]1C(=O)N2C(C(=O)O)=C(/C=C3\CCN(c4cc5onc(CC(=O)O)c5s4)C3)CS[C@H]12)c1nsc(N)n1. The lowest BCUT2D eigenvalue weighted by Gasteiger charge is -2.49. The summed E-state index contributed by atoms with van der Waals surface area (Å²) in [6.07, 6.45) is 2.26. The predicted molar refractivity (Wildman–Crippen MR) is 156 cm³/mol. The molecule has 0 aliphatic carbocycles. The van der Waals surface area contributed by atoms with Crippen LogP contribution in [0.4, 0.5) is 10.1 Å². The third-order valence-corrected chi connectivity index (χ3v) is 9.92. The van der Waals surface area contributed by atoms with E-state index in [2.05, 4.69) is 29.9 Å². The number of amides is 2. The highest BCUT2D eigenvalue weighted by Crippen LogP contribution is 2.42. The Morgan fingerprint density at radius 3 is 2.86 bits per heavy atom. The number of hydrogen-bond acceptors (Lipinski definition) is 15. The van der Waals surface area contributed by atoms with E-state index in [9.17, 15) is 24.3 Å². The molecule has 6 rings (SSSR count). The van der Waals surface area contributed by atoms with Crippen molar-refractivity contribution in [1.29, 1.82) is 0 Å². The monoisotopic (exact) mass is 646 g/mol. The molecule has 3 aliphatic rings. The number of carboxylic acid groups (broad SMARTS) is 2. The zero-order chi connectivity index (χ0) is 30.4. The van der Waals surface area contributed by atoms with Gasteiger partial charge in [-0.1, -0.05) is 16.4 Å². The van der Waals surface area contributed by atoms with Crippen LogP contribution in [0, 0.1) is 0 Å². The van der Waals surface area contributed by atoms with E-state index in [4.69, 9.17) is 20.2 Å². The number of nitrogens with two attached hydrogens (primary N) is 1. The Morgan fingerprint density at radius 2 is 2.16 bits per heavy atom. The molecule has 0 unspecified atom stereocenters. The lowest BCUT2D eigenvalue weighted by atomic mass is 10.0. The summed E-state index contributed by atoms with van der Waals surface area (Å²) >= 11 is 3.60. The summed E-state index contributed by atoms with van der Waals surface area (Å²) in [6, 6.07) is 0.832. The summed E-state index contributed by atoms with van der Waals surface area (Å²) < 4.78 is 9.94. The molecule has 3 aromatic rings. The average Bonchev–Trinajstić information content (AvgIpc) is 3.76. The van der Waals surface area contributed by atoms with Gasteiger partial charge in [0.05, 0.1) is 11.4 Å². The smallest absolute Gasteiger partial charge is 0.352 e. The predicted octanol–water partition coefficient (Wildman–Crippen LogP) is 0.876. The van der Waals surface area contributed by atoms with Gasteiger partial charge in [-0.2, -0.15) is 9.36 Å². The molecule has 16 nitrogen and oxygen atoms in total. The number of carboxylic acids is 2. The molecule has 0 spiro atoms. The summed E-state index contributed by atoms with van der Waals surface area (Å²) in [5.41, 5.74) is 7.59. The molecule has 0 bridgehead atoms. The van der Waals surface area contributed by atoms with Crippen molar-refractivity contribution in [3.63, 3.8) is 0 Å². The van der Waals surface area contributed by atoms with Gasteiger partial charge in [0.2, 0.25) is 11.5 Å². The van der Waals surface area contributed by atoms with Crippen LogP contribution in [0.1, 0.15) is 17.9 Å². The fourth-order valence-electron chi connectivity index (χ4n) is 4.99. The van der Waals surface area contributed by atoms with E-state index >= 15 is 0 Å². The Labute approximate surface area is 254 Å². The van der Waals surface area contributed by atoms with Crippen LogP contribution in [0.25, 0.3) is 10.3 Å². The first-order valence-corrected chi connectivity index (χ1v) is 15.3. The maximum Gasteiger partial charge on any atom is 0.352 e. The van der Waals surface area contributed by atoms with Gasteiger partial charge in [0.1, 0.15) is 34.6 Å². The number of aliphatic carboxylic acids is 2. The first kappa shape index (κ1) is 28.6. The normalized spacial score (nSPS) is 21.4. The molecular formula is C24H22N8O8S3. The maximum absolute atomic E-state index is 13.1. The van der Waals surface area contributed by atoms with Crippen LogP contribution in [0.5, 0.6) is 0 Å². The topological polar surface area (TPSA) is 227 Å². The lowest BCUT2D eigenvalue weighted by molar-refractivity contribution is -0.150. The zero-order valence-corrected chi connectivity index (χ0v) is 24.6. The van der Waals surface area contributed by atoms with Crippen LogP contribution in [0.3, 0.4) is 0 Å². The number of nitrogen functional groups attached to an aromatic ring is 1. The number of carbonyl (C=O) groups excluding carboxylic acids is 2. The molecule has 0 saturated carbocycles. The molecule has 3 aromatic heterocycles. The van der Waals surface area contributed by atoms with Crippen LogP contribution in [-0.2, 0) is 30.4 Å². The van der Waals surface area contributed by atoms with Gasteiger partial charge in [0.25, 0.3) is 11.8 Å². The number of hydrogen-bond donors (Lipinski definition) is 4. The molecule has 6 heterocycles. The number of nitrogens with one attached hydrogen (secondary N) is 1. The Hall–Kier alpha value is -4.49. The van der Waals surface area contributed by atoms with E-state index in [0.717, 1.165) is 22.1 Å². The van der Waals surface area contributed by atoms with Crippen molar-refractivity contribution in [3.05, 3.63) is 40.5 Å². The molecule has 19 heteroatoms. The van der Waals surface area contributed by atoms with E-state index in [-0.39, 0.29) is 28.8 Å². The quantitative estimate of drug-likeness (QED) is 0.144. The van der Waals surface area contributed by atoms with Gasteiger partial charge in [-0.3, -0.25) is 19.3 Å². The lowest BCUT2D eigenvalue weighted by Crippen LogP contribution is -2.71. The third kappa shape index (κ3) is 5.30. The van der Waals surface area contributed by atoms with Crippen molar-refractivity contribution in [2.24, 2.45) is 5.16 Å². The molecule has 2 saturated heterocycles. The summed E-state index contributed by atoms with van der Waals surface area (Å²) in [4.78, 5) is 61.5.